The van der Waals surface area contributed by atoms with Crippen molar-refractivity contribution in [2.45, 2.75) is 46.2 Å². The zero-order valence-electron chi connectivity index (χ0n) is 24.3. The van der Waals surface area contributed by atoms with Crippen molar-refractivity contribution < 1.29 is 33.0 Å². The van der Waals surface area contributed by atoms with Crippen LogP contribution in [-0.2, 0) is 22.6 Å². The SMILES string of the molecule is COc1ccc2cc1OCCCN(C(=O)c1ccc3c(c1)CCO3)CC(=O)N[C@@H](C(C)C)C(=O)NCc1nc-2oc1C. The van der Waals surface area contributed by atoms with Crippen LogP contribution >= 0.6 is 0 Å². The molecule has 0 radical (unpaired) electrons. The van der Waals surface area contributed by atoms with Gasteiger partial charge in [0.2, 0.25) is 17.7 Å². The Labute approximate surface area is 244 Å². The summed E-state index contributed by atoms with van der Waals surface area (Å²) in [5.74, 6) is 1.50. The van der Waals surface area contributed by atoms with Crippen molar-refractivity contribution in [1.29, 1.82) is 0 Å². The van der Waals surface area contributed by atoms with Gasteiger partial charge in [-0.3, -0.25) is 14.4 Å². The highest BCUT2D eigenvalue weighted by atomic mass is 16.5. The summed E-state index contributed by atoms with van der Waals surface area (Å²) < 4.78 is 23.0. The van der Waals surface area contributed by atoms with Gasteiger partial charge in [0.05, 0.1) is 33.4 Å². The van der Waals surface area contributed by atoms with Crippen molar-refractivity contribution in [3.8, 4) is 28.7 Å². The average Bonchev–Trinajstić information content (AvgIpc) is 3.60. The maximum Gasteiger partial charge on any atom is 0.254 e. The van der Waals surface area contributed by atoms with E-state index in [1.54, 1.807) is 38.3 Å². The van der Waals surface area contributed by atoms with Gasteiger partial charge in [-0.25, -0.2) is 4.98 Å². The van der Waals surface area contributed by atoms with E-state index in [4.69, 9.17) is 18.6 Å². The molecule has 0 aliphatic carbocycles. The lowest BCUT2D eigenvalue weighted by Gasteiger charge is -2.26. The number of carbonyl (C=O) groups is 3. The number of ether oxygens (including phenoxy) is 3. The molecule has 3 heterocycles. The van der Waals surface area contributed by atoms with Gasteiger partial charge in [0.1, 0.15) is 23.2 Å². The molecule has 0 unspecified atom stereocenters. The van der Waals surface area contributed by atoms with E-state index in [-0.39, 0.29) is 44.0 Å². The fourth-order valence-electron chi connectivity index (χ4n) is 5.04. The highest BCUT2D eigenvalue weighted by Crippen LogP contribution is 2.33. The molecule has 42 heavy (non-hydrogen) atoms. The Hall–Kier alpha value is -4.54. The van der Waals surface area contributed by atoms with Gasteiger partial charge in [-0.05, 0) is 61.2 Å². The van der Waals surface area contributed by atoms with Gasteiger partial charge in [0.15, 0.2) is 11.5 Å². The topological polar surface area (TPSA) is 132 Å². The maximum absolute atomic E-state index is 13.6. The van der Waals surface area contributed by atoms with Crippen LogP contribution < -0.4 is 24.8 Å². The number of aryl methyl sites for hydroxylation is 1. The largest absolute Gasteiger partial charge is 0.493 e. The molecule has 1 atom stereocenters. The molecule has 1 aromatic heterocycles. The molecule has 222 valence electrons. The Kier molecular flexibility index (Phi) is 8.65. The summed E-state index contributed by atoms with van der Waals surface area (Å²) in [5, 5.41) is 5.70. The Balaban J connectivity index is 1.43. The van der Waals surface area contributed by atoms with Crippen molar-refractivity contribution in [3.05, 3.63) is 59.0 Å². The molecule has 2 aliphatic rings. The number of nitrogens with one attached hydrogen (secondary N) is 2. The van der Waals surface area contributed by atoms with Crippen molar-refractivity contribution in [3.63, 3.8) is 0 Å². The Morgan fingerprint density at radius 1 is 1.10 bits per heavy atom. The Morgan fingerprint density at radius 3 is 2.69 bits per heavy atom. The van der Waals surface area contributed by atoms with E-state index in [9.17, 15) is 14.4 Å². The zero-order chi connectivity index (χ0) is 29.8. The lowest BCUT2D eigenvalue weighted by molar-refractivity contribution is -0.130. The average molecular weight is 577 g/mol. The van der Waals surface area contributed by atoms with Crippen LogP contribution in [0, 0.1) is 12.8 Å². The molecular formula is C31H36N4O7. The van der Waals surface area contributed by atoms with Crippen LogP contribution in [0.1, 0.15) is 47.6 Å². The smallest absolute Gasteiger partial charge is 0.254 e. The minimum absolute atomic E-state index is 0.124. The zero-order valence-corrected chi connectivity index (χ0v) is 24.3. The first kappa shape index (κ1) is 29.0. The van der Waals surface area contributed by atoms with Gasteiger partial charge in [0.25, 0.3) is 5.91 Å². The van der Waals surface area contributed by atoms with E-state index in [0.29, 0.717) is 53.0 Å². The highest BCUT2D eigenvalue weighted by Gasteiger charge is 2.28. The van der Waals surface area contributed by atoms with Crippen LogP contribution in [0.25, 0.3) is 11.5 Å². The number of nitrogens with zero attached hydrogens (tertiary/aromatic N) is 2. The van der Waals surface area contributed by atoms with Crippen LogP contribution in [0.5, 0.6) is 17.2 Å². The van der Waals surface area contributed by atoms with Crippen LogP contribution in [-0.4, -0.2) is 67.1 Å². The molecule has 2 N–H and O–H groups in total. The summed E-state index contributed by atoms with van der Waals surface area (Å²) in [7, 11) is 1.56. The van der Waals surface area contributed by atoms with E-state index in [0.717, 1.165) is 17.7 Å². The van der Waals surface area contributed by atoms with Gasteiger partial charge >= 0.3 is 0 Å². The number of aromatic nitrogens is 1. The molecule has 4 bridgehead atoms. The number of carbonyl (C=O) groups excluding carboxylic acids is 3. The van der Waals surface area contributed by atoms with Crippen LogP contribution in [0.4, 0.5) is 0 Å². The fraction of sp³-hybridized carbons (Fsp3) is 0.419. The highest BCUT2D eigenvalue weighted by molar-refractivity contribution is 5.97. The van der Waals surface area contributed by atoms with E-state index < -0.39 is 11.9 Å². The summed E-state index contributed by atoms with van der Waals surface area (Å²) in [6.45, 7) is 6.48. The van der Waals surface area contributed by atoms with Crippen LogP contribution in [0.3, 0.4) is 0 Å². The third kappa shape index (κ3) is 6.35. The summed E-state index contributed by atoms with van der Waals surface area (Å²) in [6, 6.07) is 9.90. The second kappa shape index (κ2) is 12.5. The first-order valence-corrected chi connectivity index (χ1v) is 14.1. The molecule has 3 aromatic rings. The first-order chi connectivity index (χ1) is 20.2. The number of rotatable bonds is 3. The lowest BCUT2D eigenvalue weighted by atomic mass is 10.0. The molecule has 0 spiro atoms. The number of fused-ring (bicyclic) bond motifs is 6. The Morgan fingerprint density at radius 2 is 1.90 bits per heavy atom. The molecule has 0 saturated heterocycles. The second-order valence-corrected chi connectivity index (χ2v) is 10.7. The number of benzene rings is 2. The fourth-order valence-corrected chi connectivity index (χ4v) is 5.04. The Bertz CT molecular complexity index is 1480. The summed E-state index contributed by atoms with van der Waals surface area (Å²) in [4.78, 5) is 46.1. The minimum atomic E-state index is -0.801. The third-order valence-electron chi connectivity index (χ3n) is 7.39. The van der Waals surface area contributed by atoms with Crippen molar-refractivity contribution >= 4 is 17.7 Å². The molecule has 3 amide bonds. The summed E-state index contributed by atoms with van der Waals surface area (Å²) >= 11 is 0. The third-order valence-corrected chi connectivity index (χ3v) is 7.39. The lowest BCUT2D eigenvalue weighted by Crippen LogP contribution is -2.52. The number of hydrogen-bond donors (Lipinski definition) is 2. The predicted molar refractivity (Wildman–Crippen MR) is 153 cm³/mol. The predicted octanol–water partition coefficient (Wildman–Crippen LogP) is 3.28. The molecule has 0 fully saturated rings. The van der Waals surface area contributed by atoms with Gasteiger partial charge in [-0.1, -0.05) is 13.8 Å². The molecule has 11 heteroatoms. The van der Waals surface area contributed by atoms with Gasteiger partial charge in [0, 0.05) is 24.1 Å². The maximum atomic E-state index is 13.6. The van der Waals surface area contributed by atoms with Crippen LogP contribution in [0.15, 0.2) is 40.8 Å². The summed E-state index contributed by atoms with van der Waals surface area (Å²) in [5.41, 5.74) is 2.70. The van der Waals surface area contributed by atoms with Crippen molar-refractivity contribution in [1.82, 2.24) is 20.5 Å². The minimum Gasteiger partial charge on any atom is -0.493 e. The molecular weight excluding hydrogens is 540 g/mol. The standard InChI is InChI=1S/C31H36N4O7/c1-18(2)28-29(37)32-16-23-19(3)42-30(33-23)21-6-9-25(39-4)26(15-21)40-12-5-11-35(17-27(36)34-28)31(38)22-7-8-24-20(14-22)10-13-41-24/h6-9,14-15,18,28H,5,10-13,16-17H2,1-4H3,(H,32,37)(H,34,36)/t28-/m0/s1. The van der Waals surface area contributed by atoms with E-state index in [1.165, 1.54) is 4.90 Å². The van der Waals surface area contributed by atoms with Gasteiger partial charge < -0.3 is 34.2 Å². The van der Waals surface area contributed by atoms with E-state index >= 15 is 0 Å². The van der Waals surface area contributed by atoms with Crippen LogP contribution in [0.2, 0.25) is 0 Å². The van der Waals surface area contributed by atoms with Crippen molar-refractivity contribution in [2.24, 2.45) is 5.92 Å². The van der Waals surface area contributed by atoms with Crippen molar-refractivity contribution in [2.75, 3.05) is 33.4 Å². The monoisotopic (exact) mass is 576 g/mol. The number of amides is 3. The number of methoxy groups -OCH3 is 1. The van der Waals surface area contributed by atoms with Gasteiger partial charge in [-0.15, -0.1) is 0 Å². The second-order valence-electron chi connectivity index (χ2n) is 10.7. The molecule has 0 saturated carbocycles. The first-order valence-electron chi connectivity index (χ1n) is 14.1. The normalized spacial score (nSPS) is 17.7. The summed E-state index contributed by atoms with van der Waals surface area (Å²) in [6.07, 6.45) is 1.17. The van der Waals surface area contributed by atoms with E-state index in [2.05, 4.69) is 15.6 Å². The molecule has 5 rings (SSSR count). The quantitative estimate of drug-likeness (QED) is 0.486. The molecule has 11 nitrogen and oxygen atoms in total. The number of oxazole rings is 1. The number of hydrogen-bond acceptors (Lipinski definition) is 8. The van der Waals surface area contributed by atoms with Gasteiger partial charge in [-0.2, -0.15) is 0 Å². The molecule has 2 aromatic carbocycles. The molecule has 2 aliphatic heterocycles. The van der Waals surface area contributed by atoms with E-state index in [1.807, 2.05) is 26.0 Å².